The summed E-state index contributed by atoms with van der Waals surface area (Å²) < 4.78 is 41.2. The molecule has 1 aliphatic rings. The number of anilines is 1. The number of hydrogen-bond acceptors (Lipinski definition) is 2. The highest BCUT2D eigenvalue weighted by Crippen LogP contribution is 2.37. The Bertz CT molecular complexity index is 950. The summed E-state index contributed by atoms with van der Waals surface area (Å²) in [6, 6.07) is 4.22. The molecule has 4 nitrogen and oxygen atoms in total. The van der Waals surface area contributed by atoms with Crippen LogP contribution in [0.25, 0.3) is 10.8 Å². The fourth-order valence-corrected chi connectivity index (χ4v) is 2.67. The van der Waals surface area contributed by atoms with E-state index in [4.69, 9.17) is 11.6 Å². The number of amides is 1. The Kier molecular flexibility index (Phi) is 3.96. The van der Waals surface area contributed by atoms with E-state index in [1.807, 2.05) is 0 Å². The fraction of sp³-hybridized carbons (Fsp3) is 0.125. The predicted molar refractivity (Wildman–Crippen MR) is 85.0 cm³/mol. The lowest BCUT2D eigenvalue weighted by molar-refractivity contribution is -0.127. The maximum Gasteiger partial charge on any atom is 0.284 e. The van der Waals surface area contributed by atoms with E-state index < -0.39 is 23.6 Å². The van der Waals surface area contributed by atoms with Crippen molar-refractivity contribution in [3.05, 3.63) is 63.8 Å². The third kappa shape index (κ3) is 2.82. The van der Waals surface area contributed by atoms with Gasteiger partial charge >= 0.3 is 0 Å². The molecule has 0 aliphatic heterocycles. The number of rotatable bonds is 2. The SMILES string of the molecule is O=C(Nc1cc2cc[nH]c(=O)c2cc1Cl)C1C(F)=CC=CC1(F)F. The van der Waals surface area contributed by atoms with Crippen LogP contribution in [0.5, 0.6) is 0 Å². The molecule has 0 spiro atoms. The zero-order valence-corrected chi connectivity index (χ0v) is 12.7. The molecule has 1 atom stereocenters. The number of carbonyl (C=O) groups is 1. The molecule has 2 N–H and O–H groups in total. The fourth-order valence-electron chi connectivity index (χ4n) is 2.45. The highest BCUT2D eigenvalue weighted by atomic mass is 35.5. The zero-order valence-electron chi connectivity index (χ0n) is 11.9. The highest BCUT2D eigenvalue weighted by Gasteiger charge is 2.46. The number of aromatic amines is 1. The van der Waals surface area contributed by atoms with Crippen molar-refractivity contribution in [1.29, 1.82) is 0 Å². The van der Waals surface area contributed by atoms with Crippen LogP contribution in [0.15, 0.2) is 53.2 Å². The van der Waals surface area contributed by atoms with Gasteiger partial charge in [-0.25, -0.2) is 13.2 Å². The van der Waals surface area contributed by atoms with E-state index in [0.717, 1.165) is 12.2 Å². The molecule has 1 aromatic heterocycles. The normalized spacial score (nSPS) is 19.2. The molecule has 24 heavy (non-hydrogen) atoms. The van der Waals surface area contributed by atoms with E-state index in [2.05, 4.69) is 10.3 Å². The van der Waals surface area contributed by atoms with Crippen LogP contribution >= 0.6 is 11.6 Å². The Balaban J connectivity index is 1.96. The largest absolute Gasteiger partial charge is 0.329 e. The van der Waals surface area contributed by atoms with Crippen LogP contribution < -0.4 is 10.9 Å². The first kappa shape index (κ1) is 16.3. The van der Waals surface area contributed by atoms with Crippen molar-refractivity contribution in [1.82, 2.24) is 4.98 Å². The van der Waals surface area contributed by atoms with Crippen molar-refractivity contribution in [2.45, 2.75) is 5.92 Å². The van der Waals surface area contributed by atoms with Crippen LogP contribution in [0.3, 0.4) is 0 Å². The zero-order chi connectivity index (χ0) is 17.5. The van der Waals surface area contributed by atoms with Crippen LogP contribution in [0.4, 0.5) is 18.9 Å². The summed E-state index contributed by atoms with van der Waals surface area (Å²) >= 11 is 5.99. The van der Waals surface area contributed by atoms with Gasteiger partial charge in [0.2, 0.25) is 5.91 Å². The lowest BCUT2D eigenvalue weighted by Crippen LogP contribution is -2.38. The Morgan fingerprint density at radius 1 is 1.33 bits per heavy atom. The highest BCUT2D eigenvalue weighted by molar-refractivity contribution is 6.34. The smallest absolute Gasteiger partial charge is 0.284 e. The summed E-state index contributed by atoms with van der Waals surface area (Å²) in [7, 11) is 0. The van der Waals surface area contributed by atoms with Crippen LogP contribution in [0.1, 0.15) is 0 Å². The predicted octanol–water partition coefficient (Wildman–Crippen LogP) is 3.79. The van der Waals surface area contributed by atoms with E-state index in [1.54, 1.807) is 6.07 Å². The number of halogens is 4. The monoisotopic (exact) mass is 354 g/mol. The molecule has 1 unspecified atom stereocenters. The van der Waals surface area contributed by atoms with Gasteiger partial charge < -0.3 is 10.3 Å². The maximum atomic E-state index is 13.8. The quantitative estimate of drug-likeness (QED) is 0.861. The molecule has 2 aromatic rings. The van der Waals surface area contributed by atoms with Gasteiger partial charge in [-0.05, 0) is 35.7 Å². The van der Waals surface area contributed by atoms with Gasteiger partial charge in [-0.15, -0.1) is 0 Å². The molecular formula is C16H10ClF3N2O2. The van der Waals surface area contributed by atoms with Crippen LogP contribution in [0, 0.1) is 5.92 Å². The molecule has 1 amide bonds. The summed E-state index contributed by atoms with van der Waals surface area (Å²) in [4.78, 5) is 26.3. The molecule has 0 radical (unpaired) electrons. The number of benzene rings is 1. The second-order valence-corrected chi connectivity index (χ2v) is 5.64. The molecule has 1 aromatic carbocycles. The lowest BCUT2D eigenvalue weighted by Gasteiger charge is -2.24. The molecule has 0 saturated heterocycles. The van der Waals surface area contributed by atoms with E-state index in [-0.39, 0.29) is 21.7 Å². The Morgan fingerprint density at radius 3 is 2.79 bits per heavy atom. The van der Waals surface area contributed by atoms with E-state index in [1.165, 1.54) is 18.3 Å². The van der Waals surface area contributed by atoms with Gasteiger partial charge in [-0.1, -0.05) is 17.7 Å². The molecule has 1 aliphatic carbocycles. The second-order valence-electron chi connectivity index (χ2n) is 5.23. The third-order valence-corrected chi connectivity index (χ3v) is 3.93. The maximum absolute atomic E-state index is 13.8. The minimum atomic E-state index is -3.65. The average molecular weight is 355 g/mol. The standard InChI is InChI=1S/C16H10ClF3N2O2/c17-10-7-9-8(3-5-21-14(9)23)6-12(10)22-15(24)13-11(18)2-1-4-16(13,19)20/h1-7,13H,(H,21,23)(H,22,24). The second kappa shape index (κ2) is 5.83. The Morgan fingerprint density at radius 2 is 2.08 bits per heavy atom. The van der Waals surface area contributed by atoms with Gasteiger partial charge in [0.1, 0.15) is 5.83 Å². The van der Waals surface area contributed by atoms with Gasteiger partial charge in [0.05, 0.1) is 10.7 Å². The summed E-state index contributed by atoms with van der Waals surface area (Å²) in [6.45, 7) is 0. The number of nitrogens with one attached hydrogen (secondary N) is 2. The van der Waals surface area contributed by atoms with Gasteiger partial charge in [0, 0.05) is 11.6 Å². The van der Waals surface area contributed by atoms with Gasteiger partial charge in [0.25, 0.3) is 11.5 Å². The minimum absolute atomic E-state index is 0.0120. The minimum Gasteiger partial charge on any atom is -0.329 e. The van der Waals surface area contributed by atoms with E-state index >= 15 is 0 Å². The molecule has 3 rings (SSSR count). The number of pyridine rings is 1. The number of alkyl halides is 2. The number of hydrogen-bond donors (Lipinski definition) is 2. The molecule has 0 fully saturated rings. The third-order valence-electron chi connectivity index (χ3n) is 3.62. The van der Waals surface area contributed by atoms with E-state index in [0.29, 0.717) is 11.5 Å². The molecular weight excluding hydrogens is 345 g/mol. The van der Waals surface area contributed by atoms with Crippen molar-refractivity contribution in [3.8, 4) is 0 Å². The lowest BCUT2D eigenvalue weighted by atomic mass is 9.94. The first-order valence-electron chi connectivity index (χ1n) is 6.84. The molecule has 0 bridgehead atoms. The summed E-state index contributed by atoms with van der Waals surface area (Å²) in [5.74, 6) is -8.39. The van der Waals surface area contributed by atoms with Gasteiger partial charge in [-0.3, -0.25) is 9.59 Å². The summed E-state index contributed by atoms with van der Waals surface area (Å²) in [6.07, 6.45) is 3.52. The first-order valence-corrected chi connectivity index (χ1v) is 7.22. The van der Waals surface area contributed by atoms with Crippen molar-refractivity contribution in [2.24, 2.45) is 5.92 Å². The first-order chi connectivity index (χ1) is 11.3. The average Bonchev–Trinajstić information content (AvgIpc) is 2.48. The Hall–Kier alpha value is -2.54. The molecule has 1 heterocycles. The summed E-state index contributed by atoms with van der Waals surface area (Å²) in [5.41, 5.74) is -0.372. The number of fused-ring (bicyclic) bond motifs is 1. The van der Waals surface area contributed by atoms with Crippen molar-refractivity contribution >= 4 is 34.0 Å². The molecule has 124 valence electrons. The summed E-state index contributed by atoms with van der Waals surface area (Å²) in [5, 5.41) is 2.90. The number of H-pyrrole nitrogens is 1. The van der Waals surface area contributed by atoms with Crippen molar-refractivity contribution in [3.63, 3.8) is 0 Å². The van der Waals surface area contributed by atoms with Crippen LogP contribution in [-0.2, 0) is 4.79 Å². The van der Waals surface area contributed by atoms with Crippen molar-refractivity contribution in [2.75, 3.05) is 5.32 Å². The topological polar surface area (TPSA) is 62.0 Å². The van der Waals surface area contributed by atoms with E-state index in [9.17, 15) is 22.8 Å². The van der Waals surface area contributed by atoms with Crippen LogP contribution in [0.2, 0.25) is 5.02 Å². The molecule has 8 heteroatoms. The number of aromatic nitrogens is 1. The molecule has 0 saturated carbocycles. The van der Waals surface area contributed by atoms with Crippen LogP contribution in [-0.4, -0.2) is 16.8 Å². The number of carbonyl (C=O) groups excluding carboxylic acids is 1. The van der Waals surface area contributed by atoms with Crippen molar-refractivity contribution < 1.29 is 18.0 Å². The van der Waals surface area contributed by atoms with Gasteiger partial charge in [0.15, 0.2) is 5.92 Å². The number of allylic oxidation sites excluding steroid dienone is 3. The van der Waals surface area contributed by atoms with Gasteiger partial charge in [-0.2, -0.15) is 0 Å². The Labute approximate surface area is 138 Å².